The second-order valence-corrected chi connectivity index (χ2v) is 6.73. The maximum Gasteiger partial charge on any atom is 0.0400 e. The van der Waals surface area contributed by atoms with Crippen LogP contribution in [0.4, 0.5) is 5.69 Å². The van der Waals surface area contributed by atoms with Gasteiger partial charge in [-0.15, -0.1) is 0 Å². The van der Waals surface area contributed by atoms with E-state index in [1.165, 1.54) is 50.9 Å². The third-order valence-corrected chi connectivity index (χ3v) is 5.53. The number of hydrogen-bond acceptors (Lipinski definition) is 2. The fourth-order valence-electron chi connectivity index (χ4n) is 4.63. The first-order chi connectivity index (χ1) is 9.38. The number of rotatable bonds is 3. The van der Waals surface area contributed by atoms with Gasteiger partial charge in [0, 0.05) is 30.9 Å². The van der Waals surface area contributed by atoms with Crippen LogP contribution in [0, 0.1) is 11.8 Å². The second kappa shape index (κ2) is 4.82. The van der Waals surface area contributed by atoms with E-state index in [1.807, 2.05) is 0 Å². The molecule has 0 amide bonds. The first-order valence-corrected chi connectivity index (χ1v) is 7.94. The Hall–Kier alpha value is -1.02. The number of para-hydroxylation sites is 1. The van der Waals surface area contributed by atoms with Crippen molar-refractivity contribution in [2.75, 3.05) is 18.4 Å². The molecule has 0 unspecified atom stereocenters. The number of likely N-dealkylation sites (tertiary alicyclic amines) is 1. The van der Waals surface area contributed by atoms with Crippen LogP contribution in [-0.4, -0.2) is 30.1 Å². The Morgan fingerprint density at radius 1 is 1.00 bits per heavy atom. The molecule has 102 valence electrons. The van der Waals surface area contributed by atoms with E-state index in [2.05, 4.69) is 40.5 Å². The number of anilines is 1. The normalized spacial score (nSPS) is 37.9. The quantitative estimate of drug-likeness (QED) is 0.892. The number of hydrogen-bond donors (Lipinski definition) is 1. The Balaban J connectivity index is 1.36. The Bertz CT molecular complexity index is 430. The van der Waals surface area contributed by atoms with E-state index >= 15 is 0 Å². The van der Waals surface area contributed by atoms with Crippen molar-refractivity contribution in [2.24, 2.45) is 11.8 Å². The molecule has 1 saturated heterocycles. The Morgan fingerprint density at radius 2 is 1.89 bits per heavy atom. The zero-order valence-electron chi connectivity index (χ0n) is 11.6. The Kier molecular flexibility index (Phi) is 2.99. The van der Waals surface area contributed by atoms with Gasteiger partial charge in [-0.25, -0.2) is 0 Å². The molecule has 19 heavy (non-hydrogen) atoms. The fourth-order valence-corrected chi connectivity index (χ4v) is 4.63. The van der Waals surface area contributed by atoms with Crippen LogP contribution in [0.3, 0.4) is 0 Å². The molecule has 1 heterocycles. The van der Waals surface area contributed by atoms with Crippen LogP contribution in [0.5, 0.6) is 0 Å². The zero-order valence-corrected chi connectivity index (χ0v) is 11.6. The minimum Gasteiger partial charge on any atom is -0.381 e. The van der Waals surface area contributed by atoms with Gasteiger partial charge >= 0.3 is 0 Å². The highest BCUT2D eigenvalue weighted by atomic mass is 15.2. The van der Waals surface area contributed by atoms with Crippen molar-refractivity contribution in [3.8, 4) is 0 Å². The van der Waals surface area contributed by atoms with Crippen molar-refractivity contribution in [1.29, 1.82) is 0 Å². The standard InChI is InChI=1S/C17H24N2/c1-2-4-15(5-3-1)18-16-8-9-19(12-16)17-11-13-6-7-14(17)10-13/h1-5,13-14,16-18H,6-12H2/t13-,14-,16+,17-/m0/s1. The van der Waals surface area contributed by atoms with Gasteiger partial charge < -0.3 is 5.32 Å². The first-order valence-electron chi connectivity index (χ1n) is 7.94. The van der Waals surface area contributed by atoms with Gasteiger partial charge in [0.15, 0.2) is 0 Å². The summed E-state index contributed by atoms with van der Waals surface area (Å²) in [6, 6.07) is 12.3. The van der Waals surface area contributed by atoms with Gasteiger partial charge in [0.25, 0.3) is 0 Å². The summed E-state index contributed by atoms with van der Waals surface area (Å²) in [5.41, 5.74) is 1.28. The molecule has 0 spiro atoms. The highest BCUT2D eigenvalue weighted by molar-refractivity contribution is 5.43. The predicted octanol–water partition coefficient (Wildman–Crippen LogP) is 3.36. The van der Waals surface area contributed by atoms with E-state index in [4.69, 9.17) is 0 Å². The van der Waals surface area contributed by atoms with Gasteiger partial charge in [0.1, 0.15) is 0 Å². The lowest BCUT2D eigenvalue weighted by Gasteiger charge is -2.31. The molecule has 2 bridgehead atoms. The predicted molar refractivity (Wildman–Crippen MR) is 79.3 cm³/mol. The van der Waals surface area contributed by atoms with E-state index in [1.54, 1.807) is 0 Å². The molecule has 4 rings (SSSR count). The lowest BCUT2D eigenvalue weighted by atomic mass is 9.94. The SMILES string of the molecule is c1ccc(N[C@@H]2CCN([C@H]3C[C@H]4CC[C@H]3C4)C2)cc1. The minimum absolute atomic E-state index is 0.654. The highest BCUT2D eigenvalue weighted by Gasteiger charge is 2.43. The maximum atomic E-state index is 3.70. The molecule has 0 radical (unpaired) electrons. The molecule has 3 fully saturated rings. The van der Waals surface area contributed by atoms with Gasteiger partial charge in [-0.05, 0) is 49.7 Å². The number of nitrogens with one attached hydrogen (secondary N) is 1. The van der Waals surface area contributed by atoms with Crippen molar-refractivity contribution in [3.05, 3.63) is 30.3 Å². The number of benzene rings is 1. The van der Waals surface area contributed by atoms with Crippen LogP contribution in [-0.2, 0) is 0 Å². The molecule has 1 N–H and O–H groups in total. The van der Waals surface area contributed by atoms with Gasteiger partial charge in [-0.3, -0.25) is 4.90 Å². The van der Waals surface area contributed by atoms with Crippen LogP contribution in [0.25, 0.3) is 0 Å². The molecule has 2 saturated carbocycles. The largest absolute Gasteiger partial charge is 0.381 e. The van der Waals surface area contributed by atoms with Gasteiger partial charge in [-0.1, -0.05) is 24.6 Å². The smallest absolute Gasteiger partial charge is 0.0400 e. The molecule has 1 aromatic rings. The minimum atomic E-state index is 0.654. The van der Waals surface area contributed by atoms with Crippen molar-refractivity contribution < 1.29 is 0 Å². The third-order valence-electron chi connectivity index (χ3n) is 5.53. The Morgan fingerprint density at radius 3 is 2.63 bits per heavy atom. The topological polar surface area (TPSA) is 15.3 Å². The van der Waals surface area contributed by atoms with Crippen LogP contribution < -0.4 is 5.32 Å². The highest BCUT2D eigenvalue weighted by Crippen LogP contribution is 2.47. The average Bonchev–Trinajstić information content (AvgIpc) is 3.15. The maximum absolute atomic E-state index is 3.70. The van der Waals surface area contributed by atoms with E-state index in [0.717, 1.165) is 17.9 Å². The van der Waals surface area contributed by atoms with Crippen molar-refractivity contribution in [3.63, 3.8) is 0 Å². The average molecular weight is 256 g/mol. The fraction of sp³-hybridized carbons (Fsp3) is 0.647. The van der Waals surface area contributed by atoms with Crippen LogP contribution >= 0.6 is 0 Å². The van der Waals surface area contributed by atoms with Crippen molar-refractivity contribution >= 4 is 5.69 Å². The van der Waals surface area contributed by atoms with E-state index in [-0.39, 0.29) is 0 Å². The lowest BCUT2D eigenvalue weighted by Crippen LogP contribution is -2.38. The lowest BCUT2D eigenvalue weighted by molar-refractivity contribution is 0.174. The molecule has 2 aliphatic carbocycles. The number of fused-ring (bicyclic) bond motifs is 2. The van der Waals surface area contributed by atoms with Crippen molar-refractivity contribution in [1.82, 2.24) is 4.90 Å². The molecule has 1 aliphatic heterocycles. The second-order valence-electron chi connectivity index (χ2n) is 6.73. The monoisotopic (exact) mass is 256 g/mol. The van der Waals surface area contributed by atoms with E-state index in [0.29, 0.717) is 6.04 Å². The van der Waals surface area contributed by atoms with Crippen LogP contribution in [0.2, 0.25) is 0 Å². The van der Waals surface area contributed by atoms with E-state index in [9.17, 15) is 0 Å². The first kappa shape index (κ1) is 11.8. The summed E-state index contributed by atoms with van der Waals surface area (Å²) in [6.07, 6.45) is 7.34. The Labute approximate surface area is 116 Å². The van der Waals surface area contributed by atoms with Crippen LogP contribution in [0.1, 0.15) is 32.1 Å². The van der Waals surface area contributed by atoms with Gasteiger partial charge in [0.05, 0.1) is 0 Å². The molecule has 1 aromatic carbocycles. The summed E-state index contributed by atoms with van der Waals surface area (Å²) in [4.78, 5) is 2.78. The number of nitrogens with zero attached hydrogens (tertiary/aromatic N) is 1. The summed E-state index contributed by atoms with van der Waals surface area (Å²) in [6.45, 7) is 2.56. The summed E-state index contributed by atoms with van der Waals surface area (Å²) in [5.74, 6) is 2.09. The summed E-state index contributed by atoms with van der Waals surface area (Å²) in [5, 5.41) is 3.70. The molecule has 2 nitrogen and oxygen atoms in total. The molecular formula is C17H24N2. The van der Waals surface area contributed by atoms with Crippen molar-refractivity contribution in [2.45, 2.75) is 44.2 Å². The molecule has 4 atom stereocenters. The molecule has 0 aromatic heterocycles. The molecule has 2 heteroatoms. The van der Waals surface area contributed by atoms with Gasteiger partial charge in [-0.2, -0.15) is 0 Å². The summed E-state index contributed by atoms with van der Waals surface area (Å²) in [7, 11) is 0. The molecule has 3 aliphatic rings. The van der Waals surface area contributed by atoms with Gasteiger partial charge in [0.2, 0.25) is 0 Å². The summed E-state index contributed by atoms with van der Waals surface area (Å²) < 4.78 is 0. The van der Waals surface area contributed by atoms with E-state index < -0.39 is 0 Å². The zero-order chi connectivity index (χ0) is 12.7. The van der Waals surface area contributed by atoms with Crippen LogP contribution in [0.15, 0.2) is 30.3 Å². The molecular weight excluding hydrogens is 232 g/mol. The summed E-state index contributed by atoms with van der Waals surface area (Å²) >= 11 is 0. The third kappa shape index (κ3) is 2.27.